The topological polar surface area (TPSA) is 12.0 Å². The summed E-state index contributed by atoms with van der Waals surface area (Å²) in [5, 5.41) is 3.38. The molecule has 0 spiro atoms. The zero-order valence-electron chi connectivity index (χ0n) is 10.4. The second-order valence-electron chi connectivity index (χ2n) is 4.22. The van der Waals surface area contributed by atoms with Gasteiger partial charge in [-0.05, 0) is 37.1 Å². The average Bonchev–Trinajstić information content (AvgIpc) is 2.30. The maximum atomic E-state index is 12.1. The second-order valence-corrected chi connectivity index (χ2v) is 5.28. The summed E-state index contributed by atoms with van der Waals surface area (Å²) in [6.07, 6.45) is 1.12. The van der Waals surface area contributed by atoms with Gasteiger partial charge in [-0.15, -0.1) is 0 Å². The van der Waals surface area contributed by atoms with Crippen LogP contribution in [0.25, 0.3) is 0 Å². The molecule has 0 aliphatic heterocycles. The summed E-state index contributed by atoms with van der Waals surface area (Å²) in [5.74, 6) is -1.77. The predicted molar refractivity (Wildman–Crippen MR) is 70.8 cm³/mol. The molecule has 0 bridgehead atoms. The number of thioether (sulfide) groups is 1. The van der Waals surface area contributed by atoms with Gasteiger partial charge in [-0.2, -0.15) is 8.78 Å². The Morgan fingerprint density at radius 3 is 2.24 bits per heavy atom. The number of hydrogen-bond acceptors (Lipinski definition) is 2. The first-order valence-corrected chi connectivity index (χ1v) is 6.72. The average molecular weight is 259 g/mol. The van der Waals surface area contributed by atoms with Crippen molar-refractivity contribution < 1.29 is 8.78 Å². The van der Waals surface area contributed by atoms with E-state index in [0.29, 0.717) is 28.6 Å². The van der Waals surface area contributed by atoms with E-state index in [1.165, 1.54) is 0 Å². The van der Waals surface area contributed by atoms with Crippen LogP contribution in [0.5, 0.6) is 0 Å². The summed E-state index contributed by atoms with van der Waals surface area (Å²) in [6.45, 7) is 6.49. The molecule has 96 valence electrons. The van der Waals surface area contributed by atoms with Crippen molar-refractivity contribution in [2.75, 3.05) is 5.32 Å². The number of hydrogen-bond donors (Lipinski definition) is 1. The quantitative estimate of drug-likeness (QED) is 0.733. The molecule has 1 aromatic rings. The molecule has 0 aliphatic carbocycles. The lowest BCUT2D eigenvalue weighted by atomic mass is 10.0. The highest BCUT2D eigenvalue weighted by Crippen LogP contribution is 2.26. The third-order valence-corrected chi connectivity index (χ3v) is 3.69. The minimum atomic E-state index is -2.35. The van der Waals surface area contributed by atoms with Crippen LogP contribution < -0.4 is 5.32 Å². The lowest BCUT2D eigenvalue weighted by molar-refractivity contribution is 0.252. The molecule has 1 nitrogen and oxygen atoms in total. The zero-order chi connectivity index (χ0) is 12.8. The Morgan fingerprint density at radius 1 is 1.18 bits per heavy atom. The van der Waals surface area contributed by atoms with Crippen LogP contribution in [0.15, 0.2) is 29.2 Å². The lowest BCUT2D eigenvalue weighted by Gasteiger charge is -2.21. The van der Waals surface area contributed by atoms with Crippen LogP contribution in [-0.2, 0) is 0 Å². The van der Waals surface area contributed by atoms with Crippen molar-refractivity contribution in [3.63, 3.8) is 0 Å². The largest absolute Gasteiger partial charge is 0.382 e. The summed E-state index contributed by atoms with van der Waals surface area (Å²) in [5.41, 5.74) is 0.983. The maximum Gasteiger partial charge on any atom is 0.288 e. The third-order valence-electron chi connectivity index (χ3n) is 2.97. The fourth-order valence-corrected chi connectivity index (χ4v) is 1.99. The Labute approximate surface area is 106 Å². The Balaban J connectivity index is 2.56. The van der Waals surface area contributed by atoms with Gasteiger partial charge < -0.3 is 5.32 Å². The molecule has 0 aliphatic rings. The molecule has 0 saturated heterocycles. The first-order valence-electron chi connectivity index (χ1n) is 5.84. The lowest BCUT2D eigenvalue weighted by Crippen LogP contribution is -2.23. The summed E-state index contributed by atoms with van der Waals surface area (Å²) in [7, 11) is 0. The van der Waals surface area contributed by atoms with Crippen molar-refractivity contribution in [2.24, 2.45) is 5.92 Å². The van der Waals surface area contributed by atoms with Gasteiger partial charge in [0, 0.05) is 16.6 Å². The van der Waals surface area contributed by atoms with E-state index in [9.17, 15) is 8.78 Å². The van der Waals surface area contributed by atoms with Gasteiger partial charge in [-0.1, -0.05) is 32.0 Å². The molecule has 0 saturated carbocycles. The fourth-order valence-electron chi connectivity index (χ4n) is 1.49. The van der Waals surface area contributed by atoms with Crippen LogP contribution in [0.2, 0.25) is 0 Å². The van der Waals surface area contributed by atoms with E-state index in [4.69, 9.17) is 0 Å². The fraction of sp³-hybridized carbons (Fsp3) is 0.538. The van der Waals surface area contributed by atoms with E-state index >= 15 is 0 Å². The predicted octanol–water partition coefficient (Wildman–Crippen LogP) is 4.85. The number of halogens is 2. The number of anilines is 1. The monoisotopic (exact) mass is 259 g/mol. The highest BCUT2D eigenvalue weighted by molar-refractivity contribution is 7.99. The van der Waals surface area contributed by atoms with Crippen molar-refractivity contribution in [1.29, 1.82) is 0 Å². The molecule has 17 heavy (non-hydrogen) atoms. The molecule has 1 aromatic carbocycles. The molecule has 0 amide bonds. The van der Waals surface area contributed by atoms with Crippen molar-refractivity contribution in [2.45, 2.75) is 43.9 Å². The van der Waals surface area contributed by atoms with Gasteiger partial charge in [0.15, 0.2) is 0 Å². The van der Waals surface area contributed by atoms with Crippen molar-refractivity contribution >= 4 is 17.4 Å². The summed E-state index contributed by atoms with van der Waals surface area (Å²) in [6, 6.07) is 7.53. The summed E-state index contributed by atoms with van der Waals surface area (Å²) >= 11 is 0.576. The van der Waals surface area contributed by atoms with Crippen molar-refractivity contribution in [3.8, 4) is 0 Å². The number of rotatable bonds is 6. The molecular weight excluding hydrogens is 240 g/mol. The minimum absolute atomic E-state index is 0.383. The van der Waals surface area contributed by atoms with E-state index in [2.05, 4.69) is 26.1 Å². The molecule has 0 fully saturated rings. The molecule has 0 aromatic heterocycles. The van der Waals surface area contributed by atoms with Crippen LogP contribution in [-0.4, -0.2) is 11.8 Å². The number of benzene rings is 1. The van der Waals surface area contributed by atoms with E-state index in [-0.39, 0.29) is 0 Å². The Kier molecular flexibility index (Phi) is 5.75. The molecule has 0 radical (unpaired) electrons. The normalized spacial score (nSPS) is 14.7. The van der Waals surface area contributed by atoms with Crippen molar-refractivity contribution in [1.82, 2.24) is 0 Å². The van der Waals surface area contributed by atoms with Crippen LogP contribution in [0.4, 0.5) is 14.5 Å². The van der Waals surface area contributed by atoms with E-state index in [1.807, 2.05) is 12.1 Å². The molecular formula is C13H19F2NS. The number of alkyl halides is 2. The second kappa shape index (κ2) is 6.84. The SMILES string of the molecule is CCC(C)C(C)Nc1ccc(SC(F)F)cc1. The van der Waals surface area contributed by atoms with E-state index in [1.54, 1.807) is 12.1 Å². The Hall–Kier alpha value is -0.770. The van der Waals surface area contributed by atoms with Crippen LogP contribution in [0.1, 0.15) is 27.2 Å². The smallest absolute Gasteiger partial charge is 0.288 e. The highest BCUT2D eigenvalue weighted by Gasteiger charge is 2.10. The summed E-state index contributed by atoms with van der Waals surface area (Å²) in [4.78, 5) is 0.599. The molecule has 4 heteroatoms. The van der Waals surface area contributed by atoms with Gasteiger partial charge in [0.25, 0.3) is 5.76 Å². The molecule has 2 unspecified atom stereocenters. The molecule has 2 atom stereocenters. The molecule has 1 N–H and O–H groups in total. The van der Waals surface area contributed by atoms with E-state index in [0.717, 1.165) is 12.1 Å². The van der Waals surface area contributed by atoms with Crippen LogP contribution in [0.3, 0.4) is 0 Å². The Bertz CT molecular complexity index is 327. The molecule has 0 heterocycles. The van der Waals surface area contributed by atoms with Gasteiger partial charge in [0.2, 0.25) is 0 Å². The van der Waals surface area contributed by atoms with Gasteiger partial charge >= 0.3 is 0 Å². The van der Waals surface area contributed by atoms with E-state index < -0.39 is 5.76 Å². The van der Waals surface area contributed by atoms with Crippen molar-refractivity contribution in [3.05, 3.63) is 24.3 Å². The number of nitrogens with one attached hydrogen (secondary N) is 1. The minimum Gasteiger partial charge on any atom is -0.382 e. The van der Waals surface area contributed by atoms with Crippen LogP contribution in [0, 0.1) is 5.92 Å². The first kappa shape index (κ1) is 14.3. The van der Waals surface area contributed by atoms with Crippen LogP contribution >= 0.6 is 11.8 Å². The van der Waals surface area contributed by atoms with Gasteiger partial charge in [-0.3, -0.25) is 0 Å². The zero-order valence-corrected chi connectivity index (χ0v) is 11.2. The Morgan fingerprint density at radius 2 is 1.76 bits per heavy atom. The van der Waals surface area contributed by atoms with Gasteiger partial charge in [0.1, 0.15) is 0 Å². The molecule has 1 rings (SSSR count). The maximum absolute atomic E-state index is 12.1. The first-order chi connectivity index (χ1) is 8.02. The standard InChI is InChI=1S/C13H19F2NS/c1-4-9(2)10(3)16-11-5-7-12(8-6-11)17-13(14)15/h5-10,13,16H,4H2,1-3H3. The summed E-state index contributed by atoms with van der Waals surface area (Å²) < 4.78 is 24.3. The van der Waals surface area contributed by atoms with Gasteiger partial charge in [0.05, 0.1) is 0 Å². The highest BCUT2D eigenvalue weighted by atomic mass is 32.2. The van der Waals surface area contributed by atoms with Gasteiger partial charge in [-0.25, -0.2) is 0 Å². The third kappa shape index (κ3) is 4.94.